The van der Waals surface area contributed by atoms with Crippen LogP contribution in [0, 0.1) is 0 Å². The van der Waals surface area contributed by atoms with Crippen molar-refractivity contribution in [1.82, 2.24) is 0 Å². The van der Waals surface area contributed by atoms with E-state index in [0.29, 0.717) is 17.1 Å². The lowest BCUT2D eigenvalue weighted by atomic mass is 10.1. The van der Waals surface area contributed by atoms with Gasteiger partial charge in [-0.15, -0.1) is 0 Å². The lowest BCUT2D eigenvalue weighted by Crippen LogP contribution is -2.45. The highest BCUT2D eigenvalue weighted by Crippen LogP contribution is 2.28. The summed E-state index contributed by atoms with van der Waals surface area (Å²) in [6.07, 6.45) is 0. The van der Waals surface area contributed by atoms with Crippen molar-refractivity contribution in [3.63, 3.8) is 0 Å². The molecule has 0 atom stereocenters. The summed E-state index contributed by atoms with van der Waals surface area (Å²) in [6.45, 7) is 4.62. The molecule has 0 radical (unpaired) electrons. The van der Waals surface area contributed by atoms with Gasteiger partial charge in [0.1, 0.15) is 5.75 Å². The molecule has 104 valence electrons. The Hall–Kier alpha value is -2.08. The average molecular weight is 265 g/mol. The Balaban J connectivity index is 3.02. The molecule has 1 rings (SSSR count). The molecule has 0 aliphatic heterocycles. The van der Waals surface area contributed by atoms with E-state index >= 15 is 0 Å². The van der Waals surface area contributed by atoms with Crippen LogP contribution in [0.4, 0.5) is 11.4 Å². The summed E-state index contributed by atoms with van der Waals surface area (Å²) in [7, 11) is 1.50. The lowest BCUT2D eigenvalue weighted by molar-refractivity contribution is -0.120. The molecule has 0 heterocycles. The molecule has 1 aromatic rings. The Kier molecular flexibility index (Phi) is 4.50. The van der Waals surface area contributed by atoms with Crippen molar-refractivity contribution in [3.05, 3.63) is 18.2 Å². The minimum absolute atomic E-state index is 0.193. The van der Waals surface area contributed by atoms with Crippen LogP contribution in [0.15, 0.2) is 18.2 Å². The third-order valence-corrected chi connectivity index (χ3v) is 2.35. The fourth-order valence-corrected chi connectivity index (χ4v) is 1.37. The largest absolute Gasteiger partial charge is 0.495 e. The van der Waals surface area contributed by atoms with Crippen LogP contribution >= 0.6 is 0 Å². The van der Waals surface area contributed by atoms with Gasteiger partial charge in [0.15, 0.2) is 0 Å². The maximum atomic E-state index is 11.9. The molecule has 0 bridgehead atoms. The zero-order valence-corrected chi connectivity index (χ0v) is 11.5. The van der Waals surface area contributed by atoms with Crippen molar-refractivity contribution in [2.24, 2.45) is 5.73 Å². The van der Waals surface area contributed by atoms with Gasteiger partial charge in [-0.05, 0) is 32.0 Å². The molecular formula is C13H19N3O3. The molecule has 4 N–H and O–H groups in total. The summed E-state index contributed by atoms with van der Waals surface area (Å²) >= 11 is 0. The Labute approximate surface area is 112 Å². The van der Waals surface area contributed by atoms with E-state index in [1.807, 2.05) is 0 Å². The normalized spacial score (nSPS) is 10.8. The van der Waals surface area contributed by atoms with Gasteiger partial charge in [0.2, 0.25) is 11.8 Å². The summed E-state index contributed by atoms with van der Waals surface area (Å²) in [5.74, 6) is -0.0425. The van der Waals surface area contributed by atoms with Gasteiger partial charge >= 0.3 is 0 Å². The first-order valence-corrected chi connectivity index (χ1v) is 5.80. The van der Waals surface area contributed by atoms with Gasteiger partial charge in [0, 0.05) is 12.6 Å². The molecule has 0 saturated heterocycles. The van der Waals surface area contributed by atoms with Crippen molar-refractivity contribution in [2.45, 2.75) is 26.3 Å². The number of rotatable bonds is 4. The maximum Gasteiger partial charge on any atom is 0.243 e. The Morgan fingerprint density at radius 1 is 1.26 bits per heavy atom. The molecule has 1 aromatic carbocycles. The second kappa shape index (κ2) is 5.71. The highest BCUT2D eigenvalue weighted by atomic mass is 16.5. The van der Waals surface area contributed by atoms with Crippen molar-refractivity contribution >= 4 is 23.2 Å². The van der Waals surface area contributed by atoms with E-state index in [-0.39, 0.29) is 11.8 Å². The van der Waals surface area contributed by atoms with Crippen LogP contribution in [0.3, 0.4) is 0 Å². The standard InChI is InChI=1S/C13H19N3O3/c1-8(17)15-9-5-6-11(19-4)10(7-9)16-12(18)13(2,3)14/h5-7H,14H2,1-4H3,(H,15,17)(H,16,18). The molecule has 6 nitrogen and oxygen atoms in total. The summed E-state index contributed by atoms with van der Waals surface area (Å²) in [4.78, 5) is 22.9. The average Bonchev–Trinajstić information content (AvgIpc) is 2.27. The van der Waals surface area contributed by atoms with Crippen molar-refractivity contribution in [2.75, 3.05) is 17.7 Å². The van der Waals surface area contributed by atoms with Crippen LogP contribution in [0.1, 0.15) is 20.8 Å². The Morgan fingerprint density at radius 2 is 1.89 bits per heavy atom. The Morgan fingerprint density at radius 3 is 2.37 bits per heavy atom. The van der Waals surface area contributed by atoms with E-state index in [2.05, 4.69) is 10.6 Å². The van der Waals surface area contributed by atoms with E-state index in [1.165, 1.54) is 14.0 Å². The minimum atomic E-state index is -1.00. The fourth-order valence-electron chi connectivity index (χ4n) is 1.37. The monoisotopic (exact) mass is 265 g/mol. The van der Waals surface area contributed by atoms with Crippen LogP contribution in [0.25, 0.3) is 0 Å². The van der Waals surface area contributed by atoms with Gasteiger partial charge < -0.3 is 21.1 Å². The number of nitrogens with two attached hydrogens (primary N) is 1. The zero-order chi connectivity index (χ0) is 14.6. The van der Waals surface area contributed by atoms with Gasteiger partial charge in [-0.3, -0.25) is 9.59 Å². The first kappa shape index (κ1) is 15.0. The van der Waals surface area contributed by atoms with Crippen LogP contribution in [0.5, 0.6) is 5.75 Å². The molecule has 0 unspecified atom stereocenters. The van der Waals surface area contributed by atoms with Crippen molar-refractivity contribution in [1.29, 1.82) is 0 Å². The van der Waals surface area contributed by atoms with Gasteiger partial charge in [0.05, 0.1) is 18.3 Å². The number of anilines is 2. The second-order valence-corrected chi connectivity index (χ2v) is 4.77. The topological polar surface area (TPSA) is 93.5 Å². The third-order valence-electron chi connectivity index (χ3n) is 2.35. The van der Waals surface area contributed by atoms with Gasteiger partial charge in [-0.1, -0.05) is 0 Å². The zero-order valence-electron chi connectivity index (χ0n) is 11.5. The number of carbonyl (C=O) groups excluding carboxylic acids is 2. The first-order chi connectivity index (χ1) is 8.74. The van der Waals surface area contributed by atoms with Crippen molar-refractivity contribution < 1.29 is 14.3 Å². The number of hydrogen-bond acceptors (Lipinski definition) is 4. The van der Waals surface area contributed by atoms with Crippen LogP contribution in [0.2, 0.25) is 0 Å². The summed E-state index contributed by atoms with van der Waals surface area (Å²) in [5, 5.41) is 5.31. The molecular weight excluding hydrogens is 246 g/mol. The number of hydrogen-bond donors (Lipinski definition) is 3. The smallest absolute Gasteiger partial charge is 0.243 e. The van der Waals surface area contributed by atoms with Gasteiger partial charge in [-0.2, -0.15) is 0 Å². The Bertz CT molecular complexity index is 492. The van der Waals surface area contributed by atoms with Gasteiger partial charge in [0.25, 0.3) is 0 Å². The van der Waals surface area contributed by atoms with Crippen LogP contribution in [-0.2, 0) is 9.59 Å². The number of carbonyl (C=O) groups is 2. The van der Waals surface area contributed by atoms with Crippen LogP contribution < -0.4 is 21.1 Å². The van der Waals surface area contributed by atoms with E-state index in [4.69, 9.17) is 10.5 Å². The molecule has 0 spiro atoms. The lowest BCUT2D eigenvalue weighted by Gasteiger charge is -2.19. The second-order valence-electron chi connectivity index (χ2n) is 4.77. The van der Waals surface area contributed by atoms with E-state index < -0.39 is 5.54 Å². The molecule has 0 saturated carbocycles. The number of nitrogens with one attached hydrogen (secondary N) is 2. The van der Waals surface area contributed by atoms with Crippen molar-refractivity contribution in [3.8, 4) is 5.75 Å². The SMILES string of the molecule is COc1ccc(NC(C)=O)cc1NC(=O)C(C)(C)N. The number of amides is 2. The van der Waals surface area contributed by atoms with Gasteiger partial charge in [-0.25, -0.2) is 0 Å². The highest BCUT2D eigenvalue weighted by molar-refractivity contribution is 5.99. The first-order valence-electron chi connectivity index (χ1n) is 5.80. The number of benzene rings is 1. The fraction of sp³-hybridized carbons (Fsp3) is 0.385. The number of ether oxygens (including phenoxy) is 1. The predicted octanol–water partition coefficient (Wildman–Crippen LogP) is 1.33. The maximum absolute atomic E-state index is 11.9. The molecule has 0 aromatic heterocycles. The summed E-state index contributed by atoms with van der Waals surface area (Å²) in [5.41, 5.74) is 5.73. The quantitative estimate of drug-likeness (QED) is 0.765. The van der Waals surface area contributed by atoms with E-state index in [1.54, 1.807) is 32.0 Å². The molecule has 19 heavy (non-hydrogen) atoms. The molecule has 0 aliphatic carbocycles. The van der Waals surface area contributed by atoms with Crippen LogP contribution in [-0.4, -0.2) is 24.5 Å². The molecule has 2 amide bonds. The minimum Gasteiger partial charge on any atom is -0.495 e. The summed E-state index contributed by atoms with van der Waals surface area (Å²) < 4.78 is 5.15. The third kappa shape index (κ3) is 4.26. The summed E-state index contributed by atoms with van der Waals surface area (Å²) in [6, 6.07) is 4.96. The van der Waals surface area contributed by atoms with E-state index in [9.17, 15) is 9.59 Å². The molecule has 6 heteroatoms. The highest BCUT2D eigenvalue weighted by Gasteiger charge is 2.23. The molecule has 0 fully saturated rings. The predicted molar refractivity (Wildman–Crippen MR) is 74.2 cm³/mol. The molecule has 0 aliphatic rings. The number of methoxy groups -OCH3 is 1. The van der Waals surface area contributed by atoms with E-state index in [0.717, 1.165) is 0 Å².